The second-order valence-corrected chi connectivity index (χ2v) is 6.53. The first-order valence-corrected chi connectivity index (χ1v) is 7.77. The normalized spacial score (nSPS) is 28.1. The quantitative estimate of drug-likeness (QED) is 0.755. The molecule has 1 amide bonds. The number of carbonyl (C=O) groups is 1. The van der Waals surface area contributed by atoms with Crippen LogP contribution in [0.2, 0.25) is 0 Å². The summed E-state index contributed by atoms with van der Waals surface area (Å²) in [6.45, 7) is 1.79. The molecule has 20 heavy (non-hydrogen) atoms. The van der Waals surface area contributed by atoms with Crippen molar-refractivity contribution in [3.8, 4) is 11.8 Å². The zero-order valence-corrected chi connectivity index (χ0v) is 12.0. The molecule has 2 aliphatic rings. The fourth-order valence-corrected chi connectivity index (χ4v) is 4.07. The molecule has 5 heteroatoms. The summed E-state index contributed by atoms with van der Waals surface area (Å²) >= 11 is 1.41. The van der Waals surface area contributed by atoms with Crippen molar-refractivity contribution in [3.05, 3.63) is 21.9 Å². The smallest absolute Gasteiger partial charge is 0.263 e. The van der Waals surface area contributed by atoms with Crippen molar-refractivity contribution in [2.75, 3.05) is 19.6 Å². The molecule has 0 radical (unpaired) electrons. The van der Waals surface area contributed by atoms with Crippen molar-refractivity contribution < 1.29 is 9.90 Å². The summed E-state index contributed by atoms with van der Waals surface area (Å²) in [4.78, 5) is 15.9. The molecule has 1 aliphatic heterocycles. The van der Waals surface area contributed by atoms with Crippen LogP contribution in [-0.2, 0) is 0 Å². The van der Waals surface area contributed by atoms with Crippen LogP contribution in [0.1, 0.15) is 27.4 Å². The van der Waals surface area contributed by atoms with Crippen LogP contribution in [0.5, 0.6) is 0 Å². The van der Waals surface area contributed by atoms with Crippen molar-refractivity contribution >= 4 is 17.2 Å². The minimum atomic E-state index is -0.230. The van der Waals surface area contributed by atoms with Crippen molar-refractivity contribution in [2.45, 2.75) is 18.9 Å². The summed E-state index contributed by atoms with van der Waals surface area (Å²) < 4.78 is 0. The molecule has 3 rings (SSSR count). The van der Waals surface area contributed by atoms with Crippen LogP contribution in [0.15, 0.2) is 12.1 Å². The molecule has 1 saturated carbocycles. The minimum absolute atomic E-state index is 0.0670. The summed E-state index contributed by atoms with van der Waals surface area (Å²) in [7, 11) is 0. The number of amides is 1. The molecule has 106 valence electrons. The standard InChI is InChI=1S/C15H18N2O2S/c16-7-1-2-11-4-6-14(20-11)15(19)17-8-10-3-5-13(18)12(10)9-17/h4,6,10,12-13,18H,3,5,7-9,16H2. The van der Waals surface area contributed by atoms with Crippen LogP contribution in [0, 0.1) is 23.7 Å². The lowest BCUT2D eigenvalue weighted by Gasteiger charge is -2.17. The van der Waals surface area contributed by atoms with Gasteiger partial charge in [0.05, 0.1) is 22.4 Å². The third kappa shape index (κ3) is 2.47. The van der Waals surface area contributed by atoms with E-state index in [0.29, 0.717) is 19.0 Å². The van der Waals surface area contributed by atoms with Crippen LogP contribution < -0.4 is 5.73 Å². The number of aliphatic hydroxyl groups excluding tert-OH is 1. The molecule has 3 unspecified atom stereocenters. The first-order valence-electron chi connectivity index (χ1n) is 6.95. The Morgan fingerprint density at radius 1 is 1.45 bits per heavy atom. The van der Waals surface area contributed by atoms with E-state index in [0.717, 1.165) is 29.1 Å². The molecule has 1 aliphatic carbocycles. The van der Waals surface area contributed by atoms with E-state index in [9.17, 15) is 9.90 Å². The summed E-state index contributed by atoms with van der Waals surface area (Å²) in [6.07, 6.45) is 1.69. The van der Waals surface area contributed by atoms with Gasteiger partial charge < -0.3 is 15.7 Å². The number of fused-ring (bicyclic) bond motifs is 1. The van der Waals surface area contributed by atoms with Gasteiger partial charge in [0.25, 0.3) is 5.91 Å². The molecule has 4 nitrogen and oxygen atoms in total. The Bertz CT molecular complexity index is 572. The third-order valence-electron chi connectivity index (χ3n) is 4.24. The molecule has 3 atom stereocenters. The maximum absolute atomic E-state index is 12.5. The third-order valence-corrected chi connectivity index (χ3v) is 5.23. The molecule has 1 aromatic heterocycles. The Labute approximate surface area is 122 Å². The Morgan fingerprint density at radius 3 is 3.05 bits per heavy atom. The molecule has 3 N–H and O–H groups in total. The van der Waals surface area contributed by atoms with Gasteiger partial charge in [-0.15, -0.1) is 11.3 Å². The highest BCUT2D eigenvalue weighted by molar-refractivity contribution is 7.14. The van der Waals surface area contributed by atoms with Gasteiger partial charge in [0.15, 0.2) is 0 Å². The molecule has 0 spiro atoms. The van der Waals surface area contributed by atoms with Crippen LogP contribution in [0.4, 0.5) is 0 Å². The van der Waals surface area contributed by atoms with E-state index in [1.807, 2.05) is 17.0 Å². The number of aliphatic hydroxyl groups is 1. The Hall–Kier alpha value is -1.35. The number of thiophene rings is 1. The fraction of sp³-hybridized carbons (Fsp3) is 0.533. The average Bonchev–Trinajstić information content (AvgIpc) is 3.13. The zero-order valence-electron chi connectivity index (χ0n) is 11.2. The Balaban J connectivity index is 1.69. The first-order chi connectivity index (χ1) is 9.69. The monoisotopic (exact) mass is 290 g/mol. The fourth-order valence-electron chi connectivity index (χ4n) is 3.22. The number of nitrogens with zero attached hydrogens (tertiary/aromatic N) is 1. The van der Waals surface area contributed by atoms with Gasteiger partial charge in [-0.05, 0) is 30.9 Å². The zero-order chi connectivity index (χ0) is 14.1. The van der Waals surface area contributed by atoms with Crippen LogP contribution in [-0.4, -0.2) is 41.7 Å². The van der Waals surface area contributed by atoms with Gasteiger partial charge in [-0.3, -0.25) is 4.79 Å². The summed E-state index contributed by atoms with van der Waals surface area (Å²) in [5.74, 6) is 6.56. The van der Waals surface area contributed by atoms with E-state index < -0.39 is 0 Å². The highest BCUT2D eigenvalue weighted by Crippen LogP contribution is 2.38. The molecule has 0 bridgehead atoms. The molecule has 0 aromatic carbocycles. The van der Waals surface area contributed by atoms with Crippen molar-refractivity contribution in [3.63, 3.8) is 0 Å². The van der Waals surface area contributed by atoms with Crippen LogP contribution in [0.3, 0.4) is 0 Å². The van der Waals surface area contributed by atoms with Gasteiger partial charge in [-0.1, -0.05) is 11.8 Å². The number of hydrogen-bond donors (Lipinski definition) is 2. The van der Waals surface area contributed by atoms with E-state index in [1.54, 1.807) is 0 Å². The second kappa shape index (κ2) is 5.57. The molecular weight excluding hydrogens is 272 g/mol. The maximum atomic E-state index is 12.5. The van der Waals surface area contributed by atoms with Crippen molar-refractivity contribution in [1.82, 2.24) is 4.90 Å². The number of likely N-dealkylation sites (tertiary alicyclic amines) is 1. The number of nitrogens with two attached hydrogens (primary N) is 1. The molecule has 1 saturated heterocycles. The van der Waals surface area contributed by atoms with Gasteiger partial charge in [0.1, 0.15) is 0 Å². The predicted octanol–water partition coefficient (Wildman–Crippen LogP) is 0.901. The summed E-state index contributed by atoms with van der Waals surface area (Å²) in [5, 5.41) is 9.91. The highest BCUT2D eigenvalue weighted by Gasteiger charge is 2.43. The van der Waals surface area contributed by atoms with E-state index >= 15 is 0 Å². The second-order valence-electron chi connectivity index (χ2n) is 5.45. The van der Waals surface area contributed by atoms with E-state index in [4.69, 9.17) is 5.73 Å². The first kappa shape index (κ1) is 13.6. The van der Waals surface area contributed by atoms with Gasteiger partial charge in [-0.2, -0.15) is 0 Å². The summed E-state index contributed by atoms with van der Waals surface area (Å²) in [6, 6.07) is 3.70. The van der Waals surface area contributed by atoms with E-state index in [1.165, 1.54) is 11.3 Å². The van der Waals surface area contributed by atoms with Gasteiger partial charge in [0.2, 0.25) is 0 Å². The molecule has 2 fully saturated rings. The topological polar surface area (TPSA) is 66.6 Å². The van der Waals surface area contributed by atoms with Crippen molar-refractivity contribution in [2.24, 2.45) is 17.6 Å². The lowest BCUT2D eigenvalue weighted by molar-refractivity contribution is 0.0757. The highest BCUT2D eigenvalue weighted by atomic mass is 32.1. The largest absolute Gasteiger partial charge is 0.393 e. The number of hydrogen-bond acceptors (Lipinski definition) is 4. The van der Waals surface area contributed by atoms with Crippen molar-refractivity contribution in [1.29, 1.82) is 0 Å². The Kier molecular flexibility index (Phi) is 3.79. The van der Waals surface area contributed by atoms with Crippen LogP contribution >= 0.6 is 11.3 Å². The van der Waals surface area contributed by atoms with E-state index in [-0.39, 0.29) is 17.9 Å². The Morgan fingerprint density at radius 2 is 2.30 bits per heavy atom. The maximum Gasteiger partial charge on any atom is 0.263 e. The predicted molar refractivity (Wildman–Crippen MR) is 78.4 cm³/mol. The molecule has 2 heterocycles. The minimum Gasteiger partial charge on any atom is -0.393 e. The molecule has 1 aromatic rings. The van der Waals surface area contributed by atoms with Gasteiger partial charge in [-0.25, -0.2) is 0 Å². The van der Waals surface area contributed by atoms with E-state index in [2.05, 4.69) is 11.8 Å². The molecular formula is C15H18N2O2S. The van der Waals surface area contributed by atoms with Gasteiger partial charge in [0, 0.05) is 19.0 Å². The summed E-state index contributed by atoms with van der Waals surface area (Å²) in [5.41, 5.74) is 5.34. The average molecular weight is 290 g/mol. The lowest BCUT2D eigenvalue weighted by Crippen LogP contribution is -2.30. The lowest BCUT2D eigenvalue weighted by atomic mass is 10.00. The van der Waals surface area contributed by atoms with Gasteiger partial charge >= 0.3 is 0 Å². The number of rotatable bonds is 1. The van der Waals surface area contributed by atoms with Crippen LogP contribution in [0.25, 0.3) is 0 Å². The number of carbonyl (C=O) groups excluding carboxylic acids is 1. The SMILES string of the molecule is NCC#Cc1ccc(C(=O)N2CC3CCC(O)C3C2)s1.